The van der Waals surface area contributed by atoms with E-state index in [4.69, 9.17) is 15.9 Å². The van der Waals surface area contributed by atoms with E-state index in [9.17, 15) is 8.42 Å². The third kappa shape index (κ3) is 4.39. The zero-order valence-electron chi connectivity index (χ0n) is 19.0. The lowest BCUT2D eigenvalue weighted by molar-refractivity contribution is 0.598. The summed E-state index contributed by atoms with van der Waals surface area (Å²) in [4.78, 5) is 10.2. The van der Waals surface area contributed by atoms with Gasteiger partial charge in [-0.2, -0.15) is 0 Å². The lowest BCUT2D eigenvalue weighted by atomic mass is 9.88. The summed E-state index contributed by atoms with van der Waals surface area (Å²) in [6.45, 7) is 10.8. The first kappa shape index (κ1) is 23.4. The summed E-state index contributed by atoms with van der Waals surface area (Å²) in [7, 11) is -3.73. The largest absolute Gasteiger partial charge is 0.382 e. The van der Waals surface area contributed by atoms with E-state index in [1.165, 1.54) is 56.9 Å². The number of nitrogen functional groups attached to an aromatic ring is 1. The molecular weight excluding hydrogens is 474 g/mol. The smallest absolute Gasteiger partial charge is 0.238 e. The van der Waals surface area contributed by atoms with Gasteiger partial charge in [-0.05, 0) is 86.7 Å². The second-order valence-corrected chi connectivity index (χ2v) is 11.4. The zero-order valence-corrected chi connectivity index (χ0v) is 21.4. The molecule has 0 aliphatic carbocycles. The van der Waals surface area contributed by atoms with Crippen molar-refractivity contribution < 1.29 is 8.42 Å². The van der Waals surface area contributed by atoms with Crippen LogP contribution in [-0.2, 0) is 10.0 Å². The fourth-order valence-electron chi connectivity index (χ4n) is 3.77. The van der Waals surface area contributed by atoms with Crippen molar-refractivity contribution in [3.05, 3.63) is 57.5 Å². The van der Waals surface area contributed by atoms with Crippen LogP contribution in [0.25, 0.3) is 21.1 Å². The molecule has 0 saturated heterocycles. The van der Waals surface area contributed by atoms with Crippen LogP contribution < -0.4 is 16.2 Å². The standard InChI is InChI=1S/C23H25N5O2S3/c1-11-12(2)14(4)19(15(5)13(11)3)18-10-31-22(27-18)20-21(24)28-23(32-20)26-16-6-8-17(9-7-16)33(25,29)30/h6-10H,24H2,1-5H3,(H,26,28)(H2,25,29,30). The number of primary sulfonamides is 1. The van der Waals surface area contributed by atoms with Crippen molar-refractivity contribution in [1.82, 2.24) is 9.97 Å². The number of sulfonamides is 1. The Morgan fingerprint density at radius 1 is 0.879 bits per heavy atom. The molecular formula is C23H25N5O2S3. The number of nitrogens with zero attached hydrogens (tertiary/aromatic N) is 2. The van der Waals surface area contributed by atoms with E-state index in [0.29, 0.717) is 16.6 Å². The number of thiazole rings is 2. The molecule has 0 spiro atoms. The minimum absolute atomic E-state index is 0.0508. The van der Waals surface area contributed by atoms with E-state index in [0.717, 1.165) is 15.6 Å². The number of hydrogen-bond donors (Lipinski definition) is 3. The van der Waals surface area contributed by atoms with Gasteiger partial charge in [0.2, 0.25) is 10.0 Å². The van der Waals surface area contributed by atoms with Crippen LogP contribution in [0.3, 0.4) is 0 Å². The van der Waals surface area contributed by atoms with E-state index >= 15 is 0 Å². The molecule has 0 aliphatic heterocycles. The first-order valence-electron chi connectivity index (χ1n) is 10.2. The summed E-state index contributed by atoms with van der Waals surface area (Å²) in [5, 5.41) is 11.8. The Bertz CT molecular complexity index is 1440. The Labute approximate surface area is 201 Å². The molecule has 2 aromatic carbocycles. The molecule has 172 valence electrons. The molecule has 0 unspecified atom stereocenters. The molecule has 4 rings (SSSR count). The van der Waals surface area contributed by atoms with Gasteiger partial charge in [-0.3, -0.25) is 0 Å². The SMILES string of the molecule is Cc1c(C)c(C)c(-c2csc(-c3sc(Nc4ccc(S(N)(=O)=O)cc4)nc3N)n2)c(C)c1C. The third-order valence-electron chi connectivity index (χ3n) is 6.04. The summed E-state index contributed by atoms with van der Waals surface area (Å²) in [5.74, 6) is 0.397. The van der Waals surface area contributed by atoms with Gasteiger partial charge in [0.15, 0.2) is 5.13 Å². The molecule has 0 fully saturated rings. The summed E-state index contributed by atoms with van der Waals surface area (Å²) in [6, 6.07) is 6.15. The maximum Gasteiger partial charge on any atom is 0.238 e. The van der Waals surface area contributed by atoms with Gasteiger partial charge in [-0.15, -0.1) is 11.3 Å². The minimum atomic E-state index is -3.73. The lowest BCUT2D eigenvalue weighted by Crippen LogP contribution is -2.11. The minimum Gasteiger partial charge on any atom is -0.382 e. The van der Waals surface area contributed by atoms with Gasteiger partial charge in [-0.1, -0.05) is 11.3 Å². The molecule has 0 bridgehead atoms. The van der Waals surface area contributed by atoms with Crippen molar-refractivity contribution in [1.29, 1.82) is 0 Å². The Hall–Kier alpha value is -2.79. The molecule has 7 nitrogen and oxygen atoms in total. The number of nitrogens with one attached hydrogen (secondary N) is 1. The van der Waals surface area contributed by atoms with Crippen LogP contribution in [0, 0.1) is 34.6 Å². The van der Waals surface area contributed by atoms with Crippen LogP contribution in [0.5, 0.6) is 0 Å². The molecule has 4 aromatic rings. The maximum absolute atomic E-state index is 11.4. The van der Waals surface area contributed by atoms with Crippen LogP contribution in [0.4, 0.5) is 16.6 Å². The van der Waals surface area contributed by atoms with Crippen molar-refractivity contribution in [3.63, 3.8) is 0 Å². The first-order valence-corrected chi connectivity index (χ1v) is 13.4. The summed E-state index contributed by atoms with van der Waals surface area (Å²) >= 11 is 2.94. The van der Waals surface area contributed by atoms with E-state index in [2.05, 4.69) is 50.3 Å². The van der Waals surface area contributed by atoms with Gasteiger partial charge in [0.25, 0.3) is 0 Å². The molecule has 0 amide bonds. The monoisotopic (exact) mass is 499 g/mol. The predicted octanol–water partition coefficient (Wildman–Crippen LogP) is 5.45. The van der Waals surface area contributed by atoms with E-state index in [-0.39, 0.29) is 4.90 Å². The Kier molecular flexibility index (Phi) is 6.04. The zero-order chi connectivity index (χ0) is 24.1. The highest BCUT2D eigenvalue weighted by Crippen LogP contribution is 2.41. The number of benzene rings is 2. The molecule has 33 heavy (non-hydrogen) atoms. The van der Waals surface area contributed by atoms with E-state index in [1.807, 2.05) is 0 Å². The second-order valence-electron chi connectivity index (χ2n) is 7.97. The normalized spacial score (nSPS) is 11.7. The van der Waals surface area contributed by atoms with Crippen LogP contribution in [-0.4, -0.2) is 18.4 Å². The fraction of sp³-hybridized carbons (Fsp3) is 0.217. The summed E-state index contributed by atoms with van der Waals surface area (Å²) in [5.41, 5.74) is 15.4. The van der Waals surface area contributed by atoms with Gasteiger partial charge in [0, 0.05) is 16.6 Å². The van der Waals surface area contributed by atoms with Gasteiger partial charge in [0.1, 0.15) is 15.7 Å². The number of anilines is 3. The highest BCUT2D eigenvalue weighted by molar-refractivity contribution is 7.89. The number of aromatic nitrogens is 2. The second kappa shape index (κ2) is 8.53. The molecule has 10 heteroatoms. The quantitative estimate of drug-likeness (QED) is 0.335. The third-order valence-corrected chi connectivity index (χ3v) is 8.95. The van der Waals surface area contributed by atoms with Crippen molar-refractivity contribution >= 4 is 49.3 Å². The average molecular weight is 500 g/mol. The summed E-state index contributed by atoms with van der Waals surface area (Å²) in [6.07, 6.45) is 0. The van der Waals surface area contributed by atoms with Crippen molar-refractivity contribution in [2.75, 3.05) is 11.1 Å². The number of nitrogens with two attached hydrogens (primary N) is 2. The highest BCUT2D eigenvalue weighted by Gasteiger charge is 2.19. The Morgan fingerprint density at radius 2 is 1.45 bits per heavy atom. The first-order chi connectivity index (χ1) is 15.5. The number of hydrogen-bond acceptors (Lipinski definition) is 8. The van der Waals surface area contributed by atoms with Crippen LogP contribution in [0.1, 0.15) is 27.8 Å². The van der Waals surface area contributed by atoms with Gasteiger partial charge < -0.3 is 11.1 Å². The Balaban J connectivity index is 1.64. The fourth-order valence-corrected chi connectivity index (χ4v) is 6.10. The predicted molar refractivity (Wildman–Crippen MR) is 138 cm³/mol. The molecule has 0 radical (unpaired) electrons. The topological polar surface area (TPSA) is 124 Å². The van der Waals surface area contributed by atoms with Crippen LogP contribution in [0.15, 0.2) is 34.5 Å². The van der Waals surface area contributed by atoms with Gasteiger partial charge >= 0.3 is 0 Å². The molecule has 0 atom stereocenters. The summed E-state index contributed by atoms with van der Waals surface area (Å²) < 4.78 is 22.9. The highest BCUT2D eigenvalue weighted by atomic mass is 32.2. The van der Waals surface area contributed by atoms with Gasteiger partial charge in [0.05, 0.1) is 10.6 Å². The van der Waals surface area contributed by atoms with Crippen LogP contribution in [0.2, 0.25) is 0 Å². The number of rotatable bonds is 5. The molecule has 5 N–H and O–H groups in total. The molecule has 2 heterocycles. The molecule has 2 aromatic heterocycles. The molecule has 0 saturated carbocycles. The van der Waals surface area contributed by atoms with Crippen molar-refractivity contribution in [2.45, 2.75) is 39.5 Å². The lowest BCUT2D eigenvalue weighted by Gasteiger charge is -2.17. The maximum atomic E-state index is 11.4. The van der Waals surface area contributed by atoms with E-state index < -0.39 is 10.0 Å². The average Bonchev–Trinajstić information content (AvgIpc) is 3.37. The van der Waals surface area contributed by atoms with E-state index in [1.54, 1.807) is 23.5 Å². The molecule has 0 aliphatic rings. The van der Waals surface area contributed by atoms with Crippen molar-refractivity contribution in [2.24, 2.45) is 5.14 Å². The van der Waals surface area contributed by atoms with Crippen molar-refractivity contribution in [3.8, 4) is 21.1 Å². The Morgan fingerprint density at radius 3 is 2.03 bits per heavy atom. The van der Waals surface area contributed by atoms with Gasteiger partial charge in [-0.25, -0.2) is 23.5 Å². The van der Waals surface area contributed by atoms with Crippen LogP contribution >= 0.6 is 22.7 Å².